The van der Waals surface area contributed by atoms with Crippen LogP contribution in [-0.4, -0.2) is 45.2 Å². The summed E-state index contributed by atoms with van der Waals surface area (Å²) < 4.78 is 25.1. The topological polar surface area (TPSA) is 76.4 Å². The number of fused-ring (bicyclic) bond motifs is 1. The van der Waals surface area contributed by atoms with Crippen LogP contribution in [0.15, 0.2) is 59.2 Å². The Morgan fingerprint density at radius 2 is 2.08 bits per heavy atom. The van der Waals surface area contributed by atoms with Crippen LogP contribution < -0.4 is 4.90 Å². The highest BCUT2D eigenvalue weighted by atomic mass is 19.1. The summed E-state index contributed by atoms with van der Waals surface area (Å²) in [5, 5.41) is 10.5. The van der Waals surface area contributed by atoms with Gasteiger partial charge in [-0.2, -0.15) is 0 Å². The van der Waals surface area contributed by atoms with E-state index in [1.54, 1.807) is 12.3 Å². The second kappa shape index (κ2) is 8.95. The van der Waals surface area contributed by atoms with E-state index in [2.05, 4.69) is 34.6 Å². The Bertz CT molecular complexity index is 1570. The van der Waals surface area contributed by atoms with E-state index >= 15 is 4.39 Å². The van der Waals surface area contributed by atoms with Crippen molar-refractivity contribution in [3.05, 3.63) is 71.9 Å². The molecule has 36 heavy (non-hydrogen) atoms. The molecule has 1 aliphatic heterocycles. The third-order valence-corrected chi connectivity index (χ3v) is 7.11. The molecule has 4 heterocycles. The van der Waals surface area contributed by atoms with Crippen LogP contribution in [0.4, 0.5) is 10.1 Å². The fraction of sp³-hybridized carbons (Fsp3) is 0.286. The first-order valence-corrected chi connectivity index (χ1v) is 12.3. The van der Waals surface area contributed by atoms with Crippen LogP contribution in [0.3, 0.4) is 0 Å². The number of carbonyl (C=O) groups excluding carboxylic acids is 1. The van der Waals surface area contributed by atoms with Crippen molar-refractivity contribution in [3.8, 4) is 11.5 Å². The zero-order chi connectivity index (χ0) is 24.8. The Kier molecular flexibility index (Phi) is 5.60. The highest BCUT2D eigenvalue weighted by Crippen LogP contribution is 2.42. The van der Waals surface area contributed by atoms with Crippen LogP contribution >= 0.6 is 0 Å². The summed E-state index contributed by atoms with van der Waals surface area (Å²) in [5.74, 6) is 0.831. The van der Waals surface area contributed by atoms with Gasteiger partial charge < -0.3 is 23.6 Å². The number of anilines is 1. The number of aromatic nitrogens is 3. The average molecular weight is 487 g/mol. The van der Waals surface area contributed by atoms with Gasteiger partial charge in [-0.15, -0.1) is 0 Å². The minimum atomic E-state index is -0.488. The van der Waals surface area contributed by atoms with Crippen molar-refractivity contribution in [1.82, 2.24) is 14.1 Å². The van der Waals surface area contributed by atoms with Crippen molar-refractivity contribution in [2.24, 2.45) is 0 Å². The molecule has 2 aromatic carbocycles. The number of nitrogens with zero attached hydrogens (tertiary/aromatic N) is 4. The summed E-state index contributed by atoms with van der Waals surface area (Å²) in [7, 11) is 0. The first kappa shape index (κ1) is 22.5. The zero-order valence-corrected chi connectivity index (χ0v) is 20.0. The van der Waals surface area contributed by atoms with Crippen LogP contribution in [0.5, 0.6) is 0 Å². The third-order valence-electron chi connectivity index (χ3n) is 7.11. The highest BCUT2D eigenvalue weighted by molar-refractivity contribution is 5.97. The van der Waals surface area contributed by atoms with E-state index in [-0.39, 0.29) is 18.2 Å². The molecule has 0 fully saturated rings. The summed E-state index contributed by atoms with van der Waals surface area (Å²) in [5.41, 5.74) is 4.18. The smallest absolute Gasteiger partial charge is 0.158 e. The molecule has 1 N–H and O–H groups in total. The number of aldehydes is 1. The maximum atomic E-state index is 15.3. The Balaban J connectivity index is 1.62. The van der Waals surface area contributed by atoms with E-state index in [9.17, 15) is 9.90 Å². The van der Waals surface area contributed by atoms with Crippen molar-refractivity contribution in [2.75, 3.05) is 24.6 Å². The lowest BCUT2D eigenvalue weighted by Crippen LogP contribution is -2.36. The van der Waals surface area contributed by atoms with Gasteiger partial charge in [0, 0.05) is 30.6 Å². The second-order valence-electron chi connectivity index (χ2n) is 9.29. The fourth-order valence-electron chi connectivity index (χ4n) is 5.50. The van der Waals surface area contributed by atoms with E-state index < -0.39 is 5.82 Å². The Morgan fingerprint density at radius 3 is 2.83 bits per heavy atom. The molecule has 3 aromatic heterocycles. The fourth-order valence-corrected chi connectivity index (χ4v) is 5.50. The Labute approximate surface area is 207 Å². The number of rotatable bonds is 8. The molecule has 7 nitrogen and oxygen atoms in total. The molecular formula is C28H27FN4O3. The van der Waals surface area contributed by atoms with Crippen LogP contribution in [0.25, 0.3) is 33.5 Å². The van der Waals surface area contributed by atoms with E-state index in [0.29, 0.717) is 41.9 Å². The summed E-state index contributed by atoms with van der Waals surface area (Å²) in [6.45, 7) is 4.22. The first-order chi connectivity index (χ1) is 17.6. The molecule has 0 saturated carbocycles. The zero-order valence-electron chi connectivity index (χ0n) is 20.0. The normalized spacial score (nSPS) is 15.3. The number of imidazole rings is 1. The van der Waals surface area contributed by atoms with Crippen molar-refractivity contribution in [3.63, 3.8) is 0 Å². The van der Waals surface area contributed by atoms with Gasteiger partial charge in [-0.25, -0.2) is 9.37 Å². The summed E-state index contributed by atoms with van der Waals surface area (Å²) in [6.07, 6.45) is 3.86. The molecule has 0 aliphatic carbocycles. The Morgan fingerprint density at radius 1 is 1.19 bits per heavy atom. The van der Waals surface area contributed by atoms with E-state index in [1.807, 2.05) is 22.8 Å². The number of carbonyl (C=O) groups is 1. The second-order valence-corrected chi connectivity index (χ2v) is 9.29. The van der Waals surface area contributed by atoms with Crippen LogP contribution in [0.1, 0.15) is 41.9 Å². The molecule has 0 saturated heterocycles. The summed E-state index contributed by atoms with van der Waals surface area (Å²) in [4.78, 5) is 18.7. The van der Waals surface area contributed by atoms with Crippen molar-refractivity contribution < 1.29 is 18.7 Å². The molecule has 6 rings (SSSR count). The monoisotopic (exact) mass is 486 g/mol. The van der Waals surface area contributed by atoms with Crippen LogP contribution in [0.2, 0.25) is 0 Å². The molecule has 0 amide bonds. The molecule has 0 bridgehead atoms. The molecule has 0 radical (unpaired) electrons. The quantitative estimate of drug-likeness (QED) is 0.297. The number of aliphatic hydroxyl groups excluding tert-OH is 1. The number of halogens is 1. The molecule has 1 aliphatic rings. The third kappa shape index (κ3) is 3.52. The van der Waals surface area contributed by atoms with Gasteiger partial charge in [-0.05, 0) is 49.2 Å². The number of furan rings is 1. The van der Waals surface area contributed by atoms with E-state index in [1.165, 1.54) is 6.07 Å². The lowest BCUT2D eigenvalue weighted by Gasteiger charge is -2.36. The van der Waals surface area contributed by atoms with Crippen LogP contribution in [-0.2, 0) is 6.54 Å². The molecule has 1 atom stereocenters. The lowest BCUT2D eigenvalue weighted by molar-refractivity contribution is 0.112. The summed E-state index contributed by atoms with van der Waals surface area (Å²) in [6, 6.07) is 15.1. The van der Waals surface area contributed by atoms with E-state index in [4.69, 9.17) is 9.40 Å². The molecule has 1 unspecified atom stereocenters. The van der Waals surface area contributed by atoms with Gasteiger partial charge >= 0.3 is 0 Å². The molecule has 184 valence electrons. The SMILES string of the molecule is CCC1CN(CCCO)c2cccc3cc(-c4nc5cc(C=O)cc(F)c5n4Cc4ccco4)n1c23. The number of hydrogen-bond acceptors (Lipinski definition) is 5. The van der Waals surface area contributed by atoms with Gasteiger partial charge in [0.15, 0.2) is 5.82 Å². The minimum Gasteiger partial charge on any atom is -0.467 e. The maximum Gasteiger partial charge on any atom is 0.158 e. The predicted octanol–water partition coefficient (Wildman–Crippen LogP) is 5.40. The number of aliphatic hydroxyl groups is 1. The van der Waals surface area contributed by atoms with Crippen molar-refractivity contribution in [2.45, 2.75) is 32.4 Å². The molecular weight excluding hydrogens is 459 g/mol. The number of para-hydroxylation sites is 1. The lowest BCUT2D eigenvalue weighted by atomic mass is 10.1. The highest BCUT2D eigenvalue weighted by Gasteiger charge is 2.30. The largest absolute Gasteiger partial charge is 0.467 e. The van der Waals surface area contributed by atoms with Gasteiger partial charge in [0.25, 0.3) is 0 Å². The summed E-state index contributed by atoms with van der Waals surface area (Å²) >= 11 is 0. The number of benzene rings is 2. The number of hydrogen-bond donors (Lipinski definition) is 1. The molecule has 8 heteroatoms. The first-order valence-electron chi connectivity index (χ1n) is 12.3. The van der Waals surface area contributed by atoms with E-state index in [0.717, 1.165) is 41.8 Å². The van der Waals surface area contributed by atoms with Gasteiger partial charge in [-0.3, -0.25) is 4.79 Å². The standard InChI is InChI=1S/C28H27FN4O3/c1-2-20-15-31(9-5-10-34)24-8-3-6-19-14-25(33(20)26(19)24)28-30-23-13-18(17-35)12-22(29)27(23)32(28)16-21-7-4-11-36-21/h3-4,6-8,11-14,17,20,34H,2,5,9-10,15-16H2,1H3. The van der Waals surface area contributed by atoms with Crippen molar-refractivity contribution >= 4 is 33.9 Å². The van der Waals surface area contributed by atoms with Gasteiger partial charge in [0.2, 0.25) is 0 Å². The maximum absolute atomic E-state index is 15.3. The average Bonchev–Trinajstić information content (AvgIpc) is 3.62. The molecule has 0 spiro atoms. The van der Waals surface area contributed by atoms with Gasteiger partial charge in [-0.1, -0.05) is 19.1 Å². The van der Waals surface area contributed by atoms with Crippen molar-refractivity contribution in [1.29, 1.82) is 0 Å². The van der Waals surface area contributed by atoms with Gasteiger partial charge in [0.05, 0.1) is 41.3 Å². The van der Waals surface area contributed by atoms with Gasteiger partial charge in [0.1, 0.15) is 23.4 Å². The minimum absolute atomic E-state index is 0.153. The Hall–Kier alpha value is -3.91. The predicted molar refractivity (Wildman–Crippen MR) is 137 cm³/mol. The molecule has 5 aromatic rings. The van der Waals surface area contributed by atoms with Crippen LogP contribution in [0, 0.1) is 5.82 Å².